The van der Waals surface area contributed by atoms with Gasteiger partial charge in [-0.2, -0.15) is 0 Å². The number of nitrogens with zero attached hydrogens (tertiary/aromatic N) is 1. The van der Waals surface area contributed by atoms with Gasteiger partial charge in [-0.15, -0.1) is 0 Å². The summed E-state index contributed by atoms with van der Waals surface area (Å²) < 4.78 is 10.8. The highest BCUT2D eigenvalue weighted by molar-refractivity contribution is 5.94. The van der Waals surface area contributed by atoms with Gasteiger partial charge in [-0.25, -0.2) is 4.79 Å². The van der Waals surface area contributed by atoms with Crippen LogP contribution in [0.15, 0.2) is 24.3 Å². The smallest absolute Gasteiger partial charge is 0.338 e. The van der Waals surface area contributed by atoms with E-state index < -0.39 is 6.10 Å². The molecule has 34 heavy (non-hydrogen) atoms. The fourth-order valence-corrected chi connectivity index (χ4v) is 5.77. The van der Waals surface area contributed by atoms with Gasteiger partial charge in [0, 0.05) is 24.7 Å². The summed E-state index contributed by atoms with van der Waals surface area (Å²) in [5.41, 5.74) is 8.13. The van der Waals surface area contributed by atoms with Crippen LogP contribution >= 0.6 is 0 Å². The number of hydrogen-bond acceptors (Lipinski definition) is 7. The quantitative estimate of drug-likeness (QED) is 0.516. The molecule has 1 fully saturated rings. The third-order valence-corrected chi connectivity index (χ3v) is 7.87. The predicted molar refractivity (Wildman–Crippen MR) is 127 cm³/mol. The van der Waals surface area contributed by atoms with Crippen LogP contribution in [0.25, 0.3) is 0 Å². The number of likely N-dealkylation sites (tertiary alicyclic amines) is 1. The zero-order chi connectivity index (χ0) is 23.8. The fraction of sp³-hybridized carbons (Fsp3) is 0.519. The van der Waals surface area contributed by atoms with Gasteiger partial charge in [0.25, 0.3) is 0 Å². The third-order valence-electron chi connectivity index (χ3n) is 7.87. The van der Waals surface area contributed by atoms with Crippen LogP contribution in [0.5, 0.6) is 0 Å². The highest BCUT2D eigenvalue weighted by Gasteiger charge is 2.30. The maximum absolute atomic E-state index is 11.9. The van der Waals surface area contributed by atoms with Gasteiger partial charge in [0.05, 0.1) is 37.5 Å². The molecule has 0 aliphatic carbocycles. The normalized spacial score (nSPS) is 21.4. The molecular weight excluding hydrogens is 432 g/mol. The molecule has 0 radical (unpaired) electrons. The zero-order valence-electron chi connectivity index (χ0n) is 20.0. The molecule has 7 heteroatoms. The van der Waals surface area contributed by atoms with Crippen molar-refractivity contribution in [2.75, 3.05) is 26.2 Å². The summed E-state index contributed by atoms with van der Waals surface area (Å²) in [6.07, 6.45) is 1.61. The van der Waals surface area contributed by atoms with Crippen molar-refractivity contribution in [3.05, 3.63) is 68.8 Å². The van der Waals surface area contributed by atoms with Crippen LogP contribution < -0.4 is 5.32 Å². The molecule has 182 valence electrons. The van der Waals surface area contributed by atoms with Crippen LogP contribution in [0.1, 0.15) is 74.3 Å². The Kier molecular flexibility index (Phi) is 6.73. The Hall–Kier alpha value is -2.29. The van der Waals surface area contributed by atoms with Crippen LogP contribution in [0.3, 0.4) is 0 Å². The van der Waals surface area contributed by atoms with Crippen LogP contribution in [-0.2, 0) is 29.3 Å². The van der Waals surface area contributed by atoms with Crippen molar-refractivity contribution in [2.45, 2.75) is 64.7 Å². The number of rotatable bonds is 8. The van der Waals surface area contributed by atoms with E-state index >= 15 is 0 Å². The van der Waals surface area contributed by atoms with Crippen molar-refractivity contribution in [3.63, 3.8) is 0 Å². The standard InChI is InChI=1S/C27H34N2O5/c1-16-20(7-8-22-24(16)15-34-27(22)32)25(12-30)28-10-19-4-3-9-29(19)11-26(31)21-6-5-18-13-33-14-23(18)17(21)2/h5-8,19,25-26,28,30-31H,3-4,9-15H2,1-2H3. The lowest BCUT2D eigenvalue weighted by molar-refractivity contribution is 0.0535. The lowest BCUT2D eigenvalue weighted by Gasteiger charge is -2.30. The van der Waals surface area contributed by atoms with E-state index in [0.717, 1.165) is 53.7 Å². The number of cyclic esters (lactones) is 1. The van der Waals surface area contributed by atoms with Crippen LogP contribution in [0.2, 0.25) is 0 Å². The summed E-state index contributed by atoms with van der Waals surface area (Å²) in [7, 11) is 0. The number of ether oxygens (including phenoxy) is 2. The number of nitrogens with one attached hydrogen (secondary N) is 1. The summed E-state index contributed by atoms with van der Waals surface area (Å²) in [4.78, 5) is 14.2. The van der Waals surface area contributed by atoms with Crippen molar-refractivity contribution in [2.24, 2.45) is 0 Å². The molecule has 3 aliphatic heterocycles. The first-order valence-corrected chi connectivity index (χ1v) is 12.2. The van der Waals surface area contributed by atoms with Crippen molar-refractivity contribution in [1.29, 1.82) is 0 Å². The number of fused-ring (bicyclic) bond motifs is 2. The Morgan fingerprint density at radius 1 is 1.09 bits per heavy atom. The molecule has 3 aliphatic rings. The molecule has 3 atom stereocenters. The number of carbonyl (C=O) groups excluding carboxylic acids is 1. The van der Waals surface area contributed by atoms with E-state index in [0.29, 0.717) is 38.0 Å². The highest BCUT2D eigenvalue weighted by atomic mass is 16.5. The highest BCUT2D eigenvalue weighted by Crippen LogP contribution is 2.32. The second-order valence-electron chi connectivity index (χ2n) is 9.74. The molecule has 3 heterocycles. The minimum atomic E-state index is -0.545. The number of hydrogen-bond donors (Lipinski definition) is 3. The summed E-state index contributed by atoms with van der Waals surface area (Å²) >= 11 is 0. The summed E-state index contributed by atoms with van der Waals surface area (Å²) in [5, 5.41) is 24.7. The second kappa shape index (κ2) is 9.76. The summed E-state index contributed by atoms with van der Waals surface area (Å²) in [5.74, 6) is -0.274. The number of β-amino-alcohol motifs (C(OH)–C–C–N with tert-alkyl or cyclic N) is 1. The van der Waals surface area contributed by atoms with E-state index in [-0.39, 0.29) is 18.6 Å². The SMILES string of the molecule is Cc1c(C(O)CN2CCCC2CNC(CO)c2ccc3c(c2C)COC3=O)ccc2c1COC2. The first-order chi connectivity index (χ1) is 16.5. The molecule has 3 unspecified atom stereocenters. The Labute approximate surface area is 200 Å². The fourth-order valence-electron chi connectivity index (χ4n) is 5.77. The minimum absolute atomic E-state index is 0.0276. The van der Waals surface area contributed by atoms with Gasteiger partial charge in [-0.1, -0.05) is 18.2 Å². The topological polar surface area (TPSA) is 91.3 Å². The Morgan fingerprint density at radius 3 is 2.71 bits per heavy atom. The van der Waals surface area contributed by atoms with Crippen molar-refractivity contribution in [1.82, 2.24) is 10.2 Å². The largest absolute Gasteiger partial charge is 0.457 e. The van der Waals surface area contributed by atoms with E-state index in [2.05, 4.69) is 23.2 Å². The van der Waals surface area contributed by atoms with Gasteiger partial charge >= 0.3 is 5.97 Å². The third kappa shape index (κ3) is 4.27. The maximum atomic E-state index is 11.9. The zero-order valence-corrected chi connectivity index (χ0v) is 20.0. The van der Waals surface area contributed by atoms with Crippen LogP contribution in [-0.4, -0.2) is 53.4 Å². The number of aliphatic hydroxyl groups excluding tert-OH is 2. The molecule has 5 rings (SSSR count). The Bertz CT molecular complexity index is 1090. The van der Waals surface area contributed by atoms with Crippen LogP contribution in [0.4, 0.5) is 0 Å². The molecule has 2 aromatic rings. The molecule has 7 nitrogen and oxygen atoms in total. The van der Waals surface area contributed by atoms with Crippen molar-refractivity contribution in [3.8, 4) is 0 Å². The van der Waals surface area contributed by atoms with Crippen molar-refractivity contribution < 1.29 is 24.5 Å². The molecule has 3 N–H and O–H groups in total. The molecule has 1 saturated heterocycles. The van der Waals surface area contributed by atoms with Crippen molar-refractivity contribution >= 4 is 5.97 Å². The number of benzene rings is 2. The van der Waals surface area contributed by atoms with E-state index in [4.69, 9.17) is 9.47 Å². The van der Waals surface area contributed by atoms with E-state index in [1.807, 2.05) is 19.1 Å². The molecule has 2 aromatic carbocycles. The lowest BCUT2D eigenvalue weighted by atomic mass is 9.94. The van der Waals surface area contributed by atoms with Crippen LogP contribution in [0, 0.1) is 13.8 Å². The minimum Gasteiger partial charge on any atom is -0.457 e. The molecule has 0 saturated carbocycles. The van der Waals surface area contributed by atoms with Gasteiger partial charge in [-0.05, 0) is 72.7 Å². The molecule has 0 spiro atoms. The molecule has 0 aromatic heterocycles. The summed E-state index contributed by atoms with van der Waals surface area (Å²) in [6, 6.07) is 7.93. The Balaban J connectivity index is 1.24. The molecular formula is C27H34N2O5. The Morgan fingerprint density at radius 2 is 1.88 bits per heavy atom. The van der Waals surface area contributed by atoms with E-state index in [9.17, 15) is 15.0 Å². The van der Waals surface area contributed by atoms with E-state index in [1.165, 1.54) is 11.1 Å². The van der Waals surface area contributed by atoms with Gasteiger partial charge in [0.15, 0.2) is 0 Å². The monoisotopic (exact) mass is 466 g/mol. The van der Waals surface area contributed by atoms with Gasteiger partial charge in [0.1, 0.15) is 6.61 Å². The molecule has 0 bridgehead atoms. The van der Waals surface area contributed by atoms with E-state index in [1.54, 1.807) is 6.07 Å². The first-order valence-electron chi connectivity index (χ1n) is 12.2. The average molecular weight is 467 g/mol. The first kappa shape index (κ1) is 23.5. The lowest BCUT2D eigenvalue weighted by Crippen LogP contribution is -2.41. The molecule has 0 amide bonds. The number of carbonyl (C=O) groups is 1. The summed E-state index contributed by atoms with van der Waals surface area (Å²) in [6.45, 7) is 7.90. The number of esters is 1. The van der Waals surface area contributed by atoms with Gasteiger partial charge in [0.2, 0.25) is 0 Å². The second-order valence-corrected chi connectivity index (χ2v) is 9.74. The predicted octanol–water partition coefficient (Wildman–Crippen LogP) is 2.83. The van der Waals surface area contributed by atoms with Gasteiger partial charge < -0.3 is 25.0 Å². The number of aliphatic hydroxyl groups is 2. The maximum Gasteiger partial charge on any atom is 0.338 e. The average Bonchev–Trinajstić information content (AvgIpc) is 3.57. The van der Waals surface area contributed by atoms with Gasteiger partial charge in [-0.3, -0.25) is 4.90 Å².